The first-order chi connectivity index (χ1) is 7.61. The standard InChI is InChI=1S/C9H9Br2N3OS/c1-2-5(12)9-14-13-8(15-9)4-3-6(10)16-7(4)11/h3,5H,2,12H2,1H3. The highest BCUT2D eigenvalue weighted by atomic mass is 79.9. The van der Waals surface area contributed by atoms with E-state index in [0.29, 0.717) is 11.8 Å². The lowest BCUT2D eigenvalue weighted by atomic mass is 10.2. The Morgan fingerprint density at radius 2 is 2.25 bits per heavy atom. The zero-order chi connectivity index (χ0) is 11.7. The fourth-order valence-electron chi connectivity index (χ4n) is 1.15. The van der Waals surface area contributed by atoms with Crippen molar-refractivity contribution in [2.75, 3.05) is 0 Å². The monoisotopic (exact) mass is 365 g/mol. The van der Waals surface area contributed by atoms with E-state index >= 15 is 0 Å². The lowest BCUT2D eigenvalue weighted by Gasteiger charge is -1.99. The Balaban J connectivity index is 2.35. The summed E-state index contributed by atoms with van der Waals surface area (Å²) in [4.78, 5) is 0. The van der Waals surface area contributed by atoms with Crippen LogP contribution in [-0.4, -0.2) is 10.2 Å². The minimum Gasteiger partial charge on any atom is -0.419 e. The fraction of sp³-hybridized carbons (Fsp3) is 0.333. The predicted octanol–water partition coefficient (Wildman–Crippen LogP) is 3.73. The van der Waals surface area contributed by atoms with Gasteiger partial charge in [0.15, 0.2) is 0 Å². The summed E-state index contributed by atoms with van der Waals surface area (Å²) in [6, 6.07) is 1.74. The quantitative estimate of drug-likeness (QED) is 0.898. The Bertz CT molecular complexity index is 497. The van der Waals surface area contributed by atoms with Gasteiger partial charge >= 0.3 is 0 Å². The molecule has 0 saturated carbocycles. The molecule has 2 N–H and O–H groups in total. The molecule has 0 amide bonds. The van der Waals surface area contributed by atoms with Gasteiger partial charge in [0, 0.05) is 0 Å². The maximum absolute atomic E-state index is 5.81. The third kappa shape index (κ3) is 2.37. The molecule has 16 heavy (non-hydrogen) atoms. The molecular formula is C9H9Br2N3OS. The SMILES string of the molecule is CCC(N)c1nnc(-c2cc(Br)sc2Br)o1. The first-order valence-electron chi connectivity index (χ1n) is 4.66. The number of aromatic nitrogens is 2. The lowest BCUT2D eigenvalue weighted by Crippen LogP contribution is -2.08. The van der Waals surface area contributed by atoms with Crippen LogP contribution in [0.5, 0.6) is 0 Å². The molecule has 2 aromatic heterocycles. The van der Waals surface area contributed by atoms with Crippen LogP contribution < -0.4 is 5.73 Å². The Kier molecular flexibility index (Phi) is 3.78. The van der Waals surface area contributed by atoms with Gasteiger partial charge in [0.25, 0.3) is 0 Å². The van der Waals surface area contributed by atoms with Crippen LogP contribution in [0.1, 0.15) is 25.3 Å². The second-order valence-electron chi connectivity index (χ2n) is 3.20. The van der Waals surface area contributed by atoms with E-state index < -0.39 is 0 Å². The molecule has 0 aliphatic rings. The van der Waals surface area contributed by atoms with Gasteiger partial charge in [-0.15, -0.1) is 21.5 Å². The maximum Gasteiger partial charge on any atom is 0.249 e. The Morgan fingerprint density at radius 1 is 1.50 bits per heavy atom. The molecule has 0 aliphatic heterocycles. The first kappa shape index (κ1) is 12.2. The first-order valence-corrected chi connectivity index (χ1v) is 7.06. The van der Waals surface area contributed by atoms with Crippen molar-refractivity contribution in [3.8, 4) is 11.5 Å². The maximum atomic E-state index is 5.81. The van der Waals surface area contributed by atoms with Gasteiger partial charge < -0.3 is 10.2 Å². The summed E-state index contributed by atoms with van der Waals surface area (Å²) in [6.07, 6.45) is 0.774. The van der Waals surface area contributed by atoms with Crippen LogP contribution in [0.15, 0.2) is 18.1 Å². The van der Waals surface area contributed by atoms with Crippen molar-refractivity contribution < 1.29 is 4.42 Å². The van der Waals surface area contributed by atoms with E-state index in [9.17, 15) is 0 Å². The van der Waals surface area contributed by atoms with Gasteiger partial charge in [0.2, 0.25) is 11.8 Å². The van der Waals surface area contributed by atoms with Crippen molar-refractivity contribution in [3.63, 3.8) is 0 Å². The molecular weight excluding hydrogens is 358 g/mol. The zero-order valence-corrected chi connectivity index (χ0v) is 12.4. The van der Waals surface area contributed by atoms with Crippen molar-refractivity contribution in [1.82, 2.24) is 10.2 Å². The van der Waals surface area contributed by atoms with Crippen LogP contribution in [0.25, 0.3) is 11.5 Å². The summed E-state index contributed by atoms with van der Waals surface area (Å²) < 4.78 is 7.49. The van der Waals surface area contributed by atoms with Crippen LogP contribution in [0.4, 0.5) is 0 Å². The van der Waals surface area contributed by atoms with E-state index in [0.717, 1.165) is 19.6 Å². The normalized spacial score (nSPS) is 13.0. The minimum absolute atomic E-state index is 0.192. The number of thiophene rings is 1. The van der Waals surface area contributed by atoms with Crippen molar-refractivity contribution >= 4 is 43.2 Å². The largest absolute Gasteiger partial charge is 0.419 e. The van der Waals surface area contributed by atoms with E-state index in [4.69, 9.17) is 10.2 Å². The lowest BCUT2D eigenvalue weighted by molar-refractivity contribution is 0.452. The van der Waals surface area contributed by atoms with Gasteiger partial charge in [-0.2, -0.15) is 0 Å². The third-order valence-corrected chi connectivity index (χ3v) is 4.42. The molecule has 7 heteroatoms. The van der Waals surface area contributed by atoms with E-state index in [1.165, 1.54) is 0 Å². The van der Waals surface area contributed by atoms with Crippen LogP contribution >= 0.6 is 43.2 Å². The van der Waals surface area contributed by atoms with Crippen molar-refractivity contribution in [1.29, 1.82) is 0 Å². The predicted molar refractivity (Wildman–Crippen MR) is 70.2 cm³/mol. The van der Waals surface area contributed by atoms with Gasteiger partial charge in [-0.3, -0.25) is 0 Å². The molecule has 0 fully saturated rings. The highest BCUT2D eigenvalue weighted by molar-refractivity contribution is 9.12. The van der Waals surface area contributed by atoms with Gasteiger partial charge in [0.1, 0.15) is 0 Å². The van der Waals surface area contributed by atoms with E-state index in [-0.39, 0.29) is 6.04 Å². The number of nitrogens with two attached hydrogens (primary N) is 1. The van der Waals surface area contributed by atoms with E-state index in [1.807, 2.05) is 13.0 Å². The summed E-state index contributed by atoms with van der Waals surface area (Å²) >= 11 is 8.41. The summed E-state index contributed by atoms with van der Waals surface area (Å²) in [5, 5.41) is 7.93. The number of hydrogen-bond acceptors (Lipinski definition) is 5. The average Bonchev–Trinajstić information content (AvgIpc) is 2.83. The van der Waals surface area contributed by atoms with Crippen molar-refractivity contribution in [3.05, 3.63) is 19.5 Å². The van der Waals surface area contributed by atoms with Gasteiger partial charge in [-0.1, -0.05) is 6.92 Å². The second kappa shape index (κ2) is 4.95. The van der Waals surface area contributed by atoms with Crippen LogP contribution in [0.2, 0.25) is 0 Å². The molecule has 2 heterocycles. The average molecular weight is 367 g/mol. The molecule has 0 radical (unpaired) electrons. The molecule has 86 valence electrons. The molecule has 2 aromatic rings. The van der Waals surface area contributed by atoms with Gasteiger partial charge in [-0.05, 0) is 44.3 Å². The smallest absolute Gasteiger partial charge is 0.249 e. The summed E-state index contributed by atoms with van der Waals surface area (Å²) in [5.41, 5.74) is 6.70. The number of halogens is 2. The zero-order valence-electron chi connectivity index (χ0n) is 8.41. The Hall–Kier alpha value is -0.240. The number of hydrogen-bond donors (Lipinski definition) is 1. The molecule has 0 spiro atoms. The molecule has 0 saturated heterocycles. The molecule has 2 rings (SSSR count). The van der Waals surface area contributed by atoms with Crippen LogP contribution in [0, 0.1) is 0 Å². The third-order valence-electron chi connectivity index (χ3n) is 2.08. The summed E-state index contributed by atoms with van der Waals surface area (Å²) in [5.74, 6) is 0.972. The molecule has 4 nitrogen and oxygen atoms in total. The number of nitrogens with zero attached hydrogens (tertiary/aromatic N) is 2. The van der Waals surface area contributed by atoms with Crippen molar-refractivity contribution in [2.45, 2.75) is 19.4 Å². The van der Waals surface area contributed by atoms with Crippen LogP contribution in [-0.2, 0) is 0 Å². The Labute approximate surface area is 114 Å². The minimum atomic E-state index is -0.192. The van der Waals surface area contributed by atoms with Crippen molar-refractivity contribution in [2.24, 2.45) is 5.73 Å². The van der Waals surface area contributed by atoms with Gasteiger partial charge in [0.05, 0.1) is 19.2 Å². The van der Waals surface area contributed by atoms with Crippen LogP contribution in [0.3, 0.4) is 0 Å². The molecule has 1 atom stereocenters. The second-order valence-corrected chi connectivity index (χ2v) is 6.95. The molecule has 0 aromatic carbocycles. The van der Waals surface area contributed by atoms with Gasteiger partial charge in [-0.25, -0.2) is 0 Å². The van der Waals surface area contributed by atoms with E-state index in [1.54, 1.807) is 11.3 Å². The number of rotatable bonds is 3. The molecule has 0 bridgehead atoms. The summed E-state index contributed by atoms with van der Waals surface area (Å²) in [6.45, 7) is 1.98. The topological polar surface area (TPSA) is 64.9 Å². The molecule has 1 unspecified atom stereocenters. The highest BCUT2D eigenvalue weighted by Crippen LogP contribution is 2.38. The Morgan fingerprint density at radius 3 is 2.81 bits per heavy atom. The highest BCUT2D eigenvalue weighted by Gasteiger charge is 2.17. The fourth-order valence-corrected chi connectivity index (χ4v) is 3.93. The van der Waals surface area contributed by atoms with E-state index in [2.05, 4.69) is 42.1 Å². The molecule has 0 aliphatic carbocycles. The summed E-state index contributed by atoms with van der Waals surface area (Å²) in [7, 11) is 0.